The quantitative estimate of drug-likeness (QED) is 0.916. The Morgan fingerprint density at radius 3 is 2.75 bits per heavy atom. The van der Waals surface area contributed by atoms with Crippen LogP contribution >= 0.6 is 11.8 Å². The molecule has 20 heavy (non-hydrogen) atoms. The fourth-order valence-corrected chi connectivity index (χ4v) is 4.04. The van der Waals surface area contributed by atoms with Crippen molar-refractivity contribution < 1.29 is 9.59 Å². The molecule has 0 aromatic heterocycles. The fourth-order valence-electron chi connectivity index (χ4n) is 2.77. The summed E-state index contributed by atoms with van der Waals surface area (Å²) in [4.78, 5) is 26.2. The van der Waals surface area contributed by atoms with E-state index in [1.807, 2.05) is 42.1 Å². The molecule has 0 bridgehead atoms. The van der Waals surface area contributed by atoms with Gasteiger partial charge in [-0.25, -0.2) is 0 Å². The summed E-state index contributed by atoms with van der Waals surface area (Å²) in [6, 6.07) is 8.94. The highest BCUT2D eigenvalue weighted by atomic mass is 32.2. The molecular weight excluding hydrogens is 272 g/mol. The number of benzene rings is 1. The van der Waals surface area contributed by atoms with Crippen LogP contribution in [-0.2, 0) is 9.59 Å². The smallest absolute Gasteiger partial charge is 0.250 e. The first-order valence-electron chi connectivity index (χ1n) is 6.95. The van der Waals surface area contributed by atoms with Gasteiger partial charge in [-0.05, 0) is 29.4 Å². The van der Waals surface area contributed by atoms with Crippen molar-refractivity contribution in [3.05, 3.63) is 35.9 Å². The van der Waals surface area contributed by atoms with Crippen molar-refractivity contribution in [3.8, 4) is 0 Å². The van der Waals surface area contributed by atoms with Gasteiger partial charge in [-0.3, -0.25) is 9.59 Å². The minimum Gasteiger partial charge on any atom is -0.339 e. The van der Waals surface area contributed by atoms with E-state index in [0.717, 1.165) is 17.7 Å². The van der Waals surface area contributed by atoms with Gasteiger partial charge >= 0.3 is 0 Å². The van der Waals surface area contributed by atoms with Crippen LogP contribution in [0.4, 0.5) is 0 Å². The van der Waals surface area contributed by atoms with Crippen molar-refractivity contribution in [1.82, 2.24) is 10.2 Å². The van der Waals surface area contributed by atoms with E-state index in [2.05, 4.69) is 5.32 Å². The Labute approximate surface area is 122 Å². The average molecular weight is 290 g/mol. The Morgan fingerprint density at radius 1 is 1.25 bits per heavy atom. The van der Waals surface area contributed by atoms with Crippen LogP contribution in [0.15, 0.2) is 30.3 Å². The fraction of sp³-hybridized carbons (Fsp3) is 0.467. The molecular formula is C15H18N2O2S. The summed E-state index contributed by atoms with van der Waals surface area (Å²) in [5, 5.41) is 2.80. The monoisotopic (exact) mass is 290 g/mol. The molecule has 2 fully saturated rings. The molecule has 0 radical (unpaired) electrons. The first-order chi connectivity index (χ1) is 9.74. The summed E-state index contributed by atoms with van der Waals surface area (Å²) >= 11 is 1.93. The zero-order valence-electron chi connectivity index (χ0n) is 11.2. The molecule has 0 saturated carbocycles. The third-order valence-electron chi connectivity index (χ3n) is 3.83. The van der Waals surface area contributed by atoms with Crippen molar-refractivity contribution >= 4 is 23.6 Å². The molecule has 2 saturated heterocycles. The standard InChI is InChI=1S/C15H18N2O2S/c18-13-9-17(8-11-6-7-20-10-11)15(19)14(16-13)12-4-2-1-3-5-12/h1-5,11,14H,6-10H2,(H,16,18). The van der Waals surface area contributed by atoms with E-state index < -0.39 is 6.04 Å². The maximum absolute atomic E-state index is 12.6. The average Bonchev–Trinajstić information content (AvgIpc) is 2.96. The molecule has 4 nitrogen and oxygen atoms in total. The Bertz CT molecular complexity index is 500. The molecule has 1 aromatic carbocycles. The van der Waals surface area contributed by atoms with Crippen LogP contribution in [0, 0.1) is 5.92 Å². The topological polar surface area (TPSA) is 49.4 Å². The highest BCUT2D eigenvalue weighted by Crippen LogP contribution is 2.26. The number of nitrogens with zero attached hydrogens (tertiary/aromatic N) is 1. The van der Waals surface area contributed by atoms with Gasteiger partial charge in [0.15, 0.2) is 0 Å². The summed E-state index contributed by atoms with van der Waals surface area (Å²) in [5.41, 5.74) is 0.858. The lowest BCUT2D eigenvalue weighted by atomic mass is 10.0. The molecule has 2 unspecified atom stereocenters. The van der Waals surface area contributed by atoms with Gasteiger partial charge in [-0.1, -0.05) is 30.3 Å². The van der Waals surface area contributed by atoms with Crippen LogP contribution in [0.25, 0.3) is 0 Å². The Hall–Kier alpha value is -1.49. The lowest BCUT2D eigenvalue weighted by molar-refractivity contribution is -0.145. The maximum Gasteiger partial charge on any atom is 0.250 e. The molecule has 106 valence electrons. The second-order valence-corrected chi connectivity index (χ2v) is 6.51. The van der Waals surface area contributed by atoms with Gasteiger partial charge < -0.3 is 10.2 Å². The minimum atomic E-state index is -0.522. The number of hydrogen-bond acceptors (Lipinski definition) is 3. The Balaban J connectivity index is 1.75. The van der Waals surface area contributed by atoms with Crippen molar-refractivity contribution in [3.63, 3.8) is 0 Å². The van der Waals surface area contributed by atoms with Crippen LogP contribution in [-0.4, -0.2) is 41.3 Å². The zero-order valence-corrected chi connectivity index (χ0v) is 12.1. The third kappa shape index (κ3) is 2.82. The number of nitrogens with one attached hydrogen (secondary N) is 1. The lowest BCUT2D eigenvalue weighted by Crippen LogP contribution is -2.54. The lowest BCUT2D eigenvalue weighted by Gasteiger charge is -2.34. The first-order valence-corrected chi connectivity index (χ1v) is 8.10. The number of hydrogen-bond donors (Lipinski definition) is 1. The Morgan fingerprint density at radius 2 is 2.05 bits per heavy atom. The van der Waals surface area contributed by atoms with E-state index in [-0.39, 0.29) is 18.4 Å². The predicted molar refractivity (Wildman–Crippen MR) is 79.3 cm³/mol. The summed E-state index contributed by atoms with van der Waals surface area (Å²) in [6.45, 7) is 0.909. The first kappa shape index (κ1) is 13.5. The third-order valence-corrected chi connectivity index (χ3v) is 5.07. The van der Waals surface area contributed by atoms with E-state index in [9.17, 15) is 9.59 Å². The number of piperazine rings is 1. The van der Waals surface area contributed by atoms with E-state index >= 15 is 0 Å². The van der Waals surface area contributed by atoms with Crippen LogP contribution in [0.5, 0.6) is 0 Å². The number of carbonyl (C=O) groups excluding carboxylic acids is 2. The molecule has 1 aromatic rings. The maximum atomic E-state index is 12.6. The van der Waals surface area contributed by atoms with Crippen LogP contribution in [0.3, 0.4) is 0 Å². The summed E-state index contributed by atoms with van der Waals surface area (Å²) in [7, 11) is 0. The van der Waals surface area contributed by atoms with E-state index in [0.29, 0.717) is 12.5 Å². The van der Waals surface area contributed by atoms with E-state index in [4.69, 9.17) is 0 Å². The van der Waals surface area contributed by atoms with Crippen molar-refractivity contribution in [1.29, 1.82) is 0 Å². The number of carbonyl (C=O) groups is 2. The normalized spacial score (nSPS) is 26.7. The van der Waals surface area contributed by atoms with Gasteiger partial charge in [0, 0.05) is 6.54 Å². The molecule has 5 heteroatoms. The molecule has 2 aliphatic rings. The van der Waals surface area contributed by atoms with Crippen molar-refractivity contribution in [2.24, 2.45) is 5.92 Å². The number of rotatable bonds is 3. The highest BCUT2D eigenvalue weighted by molar-refractivity contribution is 7.99. The molecule has 0 spiro atoms. The van der Waals surface area contributed by atoms with Gasteiger partial charge in [0.1, 0.15) is 6.04 Å². The van der Waals surface area contributed by atoms with Gasteiger partial charge in [-0.2, -0.15) is 11.8 Å². The molecule has 2 amide bonds. The molecule has 0 aliphatic carbocycles. The number of amides is 2. The van der Waals surface area contributed by atoms with E-state index in [1.54, 1.807) is 4.90 Å². The SMILES string of the molecule is O=C1CN(CC2CCSC2)C(=O)C(c2ccccc2)N1. The van der Waals surface area contributed by atoms with Gasteiger partial charge in [0.05, 0.1) is 6.54 Å². The van der Waals surface area contributed by atoms with Crippen molar-refractivity contribution in [2.75, 3.05) is 24.6 Å². The number of thioether (sulfide) groups is 1. The van der Waals surface area contributed by atoms with Gasteiger partial charge in [0.2, 0.25) is 11.8 Å². The van der Waals surface area contributed by atoms with Crippen LogP contribution in [0.1, 0.15) is 18.0 Å². The summed E-state index contributed by atoms with van der Waals surface area (Å²) in [6.07, 6.45) is 1.14. The molecule has 3 rings (SSSR count). The second kappa shape index (κ2) is 5.87. The second-order valence-electron chi connectivity index (χ2n) is 5.36. The van der Waals surface area contributed by atoms with Gasteiger partial charge in [-0.15, -0.1) is 0 Å². The Kier molecular flexibility index (Phi) is 3.96. The largest absolute Gasteiger partial charge is 0.339 e. The van der Waals surface area contributed by atoms with Crippen molar-refractivity contribution in [2.45, 2.75) is 12.5 Å². The molecule has 2 aliphatic heterocycles. The van der Waals surface area contributed by atoms with Crippen LogP contribution in [0.2, 0.25) is 0 Å². The van der Waals surface area contributed by atoms with Crippen LogP contribution < -0.4 is 5.32 Å². The summed E-state index contributed by atoms with van der Waals surface area (Å²) < 4.78 is 0. The predicted octanol–water partition coefficient (Wildman–Crippen LogP) is 1.44. The highest BCUT2D eigenvalue weighted by Gasteiger charge is 2.35. The molecule has 2 heterocycles. The van der Waals surface area contributed by atoms with Gasteiger partial charge in [0.25, 0.3) is 0 Å². The van der Waals surface area contributed by atoms with E-state index in [1.165, 1.54) is 5.75 Å². The zero-order chi connectivity index (χ0) is 13.9. The molecule has 1 N–H and O–H groups in total. The minimum absolute atomic E-state index is 0.0210. The molecule has 2 atom stereocenters. The summed E-state index contributed by atoms with van der Waals surface area (Å²) in [5.74, 6) is 2.76.